The van der Waals surface area contributed by atoms with E-state index in [2.05, 4.69) is 4.98 Å². The third-order valence-electron chi connectivity index (χ3n) is 3.92. The molecule has 0 amide bonds. The van der Waals surface area contributed by atoms with Crippen LogP contribution in [0.3, 0.4) is 0 Å². The van der Waals surface area contributed by atoms with Crippen molar-refractivity contribution >= 4 is 20.7 Å². The van der Waals surface area contributed by atoms with Crippen LogP contribution in [0.1, 0.15) is 24.7 Å². The van der Waals surface area contributed by atoms with Crippen molar-refractivity contribution < 1.29 is 12.8 Å². The Balaban J connectivity index is 2.37. The summed E-state index contributed by atoms with van der Waals surface area (Å²) in [5, 5.41) is -0.0885. The van der Waals surface area contributed by atoms with E-state index in [0.29, 0.717) is 0 Å². The van der Waals surface area contributed by atoms with Gasteiger partial charge in [0.05, 0.1) is 21.8 Å². The number of nitrogens with zero attached hydrogens (tertiary/aromatic N) is 2. The first-order valence-corrected chi connectivity index (χ1v) is 8.79. The summed E-state index contributed by atoms with van der Waals surface area (Å²) in [7, 11) is -3.62. The van der Waals surface area contributed by atoms with Gasteiger partial charge in [0.2, 0.25) is 0 Å². The number of benzene rings is 1. The zero-order valence-electron chi connectivity index (χ0n) is 12.0. The average Bonchev–Trinajstić information content (AvgIpc) is 3.29. The molecule has 1 aromatic heterocycles. The summed E-state index contributed by atoms with van der Waals surface area (Å²) in [5.74, 6) is 0.369. The Labute approximate surface area is 126 Å². The van der Waals surface area contributed by atoms with Gasteiger partial charge in [-0.15, -0.1) is 0 Å². The molecular weight excluding hydrogens is 309 g/mol. The van der Waals surface area contributed by atoms with E-state index < -0.39 is 28.2 Å². The third-order valence-corrected chi connectivity index (χ3v) is 5.06. The highest BCUT2D eigenvalue weighted by atomic mass is 32.2. The van der Waals surface area contributed by atoms with E-state index >= 15 is 0 Å². The number of fused-ring (bicyclic) bond motifs is 1. The fourth-order valence-electron chi connectivity index (χ4n) is 2.60. The molecule has 118 valence electrons. The van der Waals surface area contributed by atoms with Gasteiger partial charge in [-0.25, -0.2) is 17.8 Å². The molecule has 3 rings (SSSR count). The standard InChI is InChI=1S/C14H16FN3O3S/c1-22(20,21)10-4-2-3-9-11(10)14(19)18(7-15)13(17-9)12(16)8-5-6-8/h2-4,8,12H,5-7,16H2,1H3. The quantitative estimate of drug-likeness (QED) is 0.909. The van der Waals surface area contributed by atoms with E-state index in [1.807, 2.05) is 0 Å². The van der Waals surface area contributed by atoms with Gasteiger partial charge in [-0.1, -0.05) is 6.07 Å². The molecule has 1 aliphatic carbocycles. The SMILES string of the molecule is CS(=O)(=O)c1cccc2nc(C(N)C3CC3)n(CF)c(=O)c12. The number of hydrogen-bond donors (Lipinski definition) is 1. The molecule has 0 aliphatic heterocycles. The van der Waals surface area contributed by atoms with Crippen molar-refractivity contribution in [1.29, 1.82) is 0 Å². The van der Waals surface area contributed by atoms with Crippen LogP contribution < -0.4 is 11.3 Å². The molecule has 0 spiro atoms. The summed E-state index contributed by atoms with van der Waals surface area (Å²) in [6, 6.07) is 3.85. The molecule has 1 aromatic carbocycles. The number of aromatic nitrogens is 2. The second-order valence-electron chi connectivity index (χ2n) is 5.61. The van der Waals surface area contributed by atoms with Gasteiger partial charge < -0.3 is 5.73 Å². The van der Waals surface area contributed by atoms with Gasteiger partial charge in [0, 0.05) is 6.26 Å². The lowest BCUT2D eigenvalue weighted by Gasteiger charge is -2.16. The van der Waals surface area contributed by atoms with Gasteiger partial charge in [-0.2, -0.15) is 0 Å². The molecule has 0 radical (unpaired) electrons. The summed E-state index contributed by atoms with van der Waals surface area (Å²) in [6.07, 6.45) is 2.85. The minimum Gasteiger partial charge on any atom is -0.321 e. The smallest absolute Gasteiger partial charge is 0.264 e. The van der Waals surface area contributed by atoms with Crippen LogP contribution in [0.25, 0.3) is 10.9 Å². The number of nitrogens with two attached hydrogens (primary N) is 1. The fraction of sp³-hybridized carbons (Fsp3) is 0.429. The van der Waals surface area contributed by atoms with Crippen molar-refractivity contribution in [2.24, 2.45) is 11.7 Å². The predicted molar refractivity (Wildman–Crippen MR) is 79.9 cm³/mol. The van der Waals surface area contributed by atoms with Crippen molar-refractivity contribution in [3.8, 4) is 0 Å². The molecule has 6 nitrogen and oxygen atoms in total. The van der Waals surface area contributed by atoms with E-state index in [1.54, 1.807) is 0 Å². The molecule has 2 aromatic rings. The second kappa shape index (κ2) is 5.13. The summed E-state index contributed by atoms with van der Waals surface area (Å²) >= 11 is 0. The van der Waals surface area contributed by atoms with Crippen LogP contribution in [-0.4, -0.2) is 24.2 Å². The van der Waals surface area contributed by atoms with E-state index in [4.69, 9.17) is 5.73 Å². The minimum absolute atomic E-state index is 0.0885. The van der Waals surface area contributed by atoms with Gasteiger partial charge in [-0.3, -0.25) is 9.36 Å². The lowest BCUT2D eigenvalue weighted by molar-refractivity contribution is 0.346. The molecule has 1 aliphatic rings. The zero-order valence-corrected chi connectivity index (χ0v) is 12.8. The third kappa shape index (κ3) is 2.42. The van der Waals surface area contributed by atoms with E-state index in [-0.39, 0.29) is 27.5 Å². The van der Waals surface area contributed by atoms with Gasteiger partial charge in [0.15, 0.2) is 16.6 Å². The van der Waals surface area contributed by atoms with Crippen LogP contribution in [0.2, 0.25) is 0 Å². The summed E-state index contributed by atoms with van der Waals surface area (Å²) in [5.41, 5.74) is 5.57. The van der Waals surface area contributed by atoms with Crippen LogP contribution in [-0.2, 0) is 16.6 Å². The van der Waals surface area contributed by atoms with Crippen LogP contribution >= 0.6 is 0 Å². The molecule has 0 bridgehead atoms. The normalized spacial score (nSPS) is 16.9. The average molecular weight is 325 g/mol. The highest BCUT2D eigenvalue weighted by Gasteiger charge is 2.33. The largest absolute Gasteiger partial charge is 0.321 e. The molecule has 2 N–H and O–H groups in total. The molecular formula is C14H16FN3O3S. The molecule has 1 unspecified atom stereocenters. The highest BCUT2D eigenvalue weighted by molar-refractivity contribution is 7.91. The lowest BCUT2D eigenvalue weighted by Crippen LogP contribution is -2.30. The number of sulfone groups is 1. The van der Waals surface area contributed by atoms with Crippen molar-refractivity contribution in [2.75, 3.05) is 6.26 Å². The Morgan fingerprint density at radius 1 is 1.45 bits per heavy atom. The Morgan fingerprint density at radius 2 is 2.14 bits per heavy atom. The Hall–Kier alpha value is -1.80. The highest BCUT2D eigenvalue weighted by Crippen LogP contribution is 2.38. The zero-order chi connectivity index (χ0) is 16.1. The molecule has 8 heteroatoms. The van der Waals surface area contributed by atoms with Crippen molar-refractivity contribution in [1.82, 2.24) is 9.55 Å². The maximum atomic E-state index is 13.4. The topological polar surface area (TPSA) is 95.0 Å². The van der Waals surface area contributed by atoms with E-state index in [1.165, 1.54) is 18.2 Å². The fourth-order valence-corrected chi connectivity index (χ4v) is 3.48. The van der Waals surface area contributed by atoms with Crippen molar-refractivity contribution in [3.63, 3.8) is 0 Å². The summed E-state index contributed by atoms with van der Waals surface area (Å²) in [6.45, 7) is -1.09. The molecule has 1 atom stereocenters. The minimum atomic E-state index is -3.62. The van der Waals surface area contributed by atoms with Crippen LogP contribution in [0.15, 0.2) is 27.9 Å². The van der Waals surface area contributed by atoms with Gasteiger partial charge in [0.25, 0.3) is 5.56 Å². The lowest BCUT2D eigenvalue weighted by atomic mass is 10.1. The Kier molecular flexibility index (Phi) is 3.53. The van der Waals surface area contributed by atoms with Crippen LogP contribution in [0.5, 0.6) is 0 Å². The summed E-state index contributed by atoms with van der Waals surface area (Å²) in [4.78, 5) is 16.7. The molecule has 1 saturated carbocycles. The molecule has 22 heavy (non-hydrogen) atoms. The number of hydrogen-bond acceptors (Lipinski definition) is 5. The maximum absolute atomic E-state index is 13.4. The first-order valence-electron chi connectivity index (χ1n) is 6.89. The first kappa shape index (κ1) is 15.1. The van der Waals surface area contributed by atoms with Crippen LogP contribution in [0.4, 0.5) is 4.39 Å². The van der Waals surface area contributed by atoms with Crippen molar-refractivity contribution in [2.45, 2.75) is 30.6 Å². The molecule has 0 saturated heterocycles. The summed E-state index contributed by atoms with van der Waals surface area (Å²) < 4.78 is 37.9. The van der Waals surface area contributed by atoms with Crippen molar-refractivity contribution in [3.05, 3.63) is 34.4 Å². The predicted octanol–water partition coefficient (Wildman–Crippen LogP) is 1.14. The maximum Gasteiger partial charge on any atom is 0.264 e. The molecule has 1 fully saturated rings. The Bertz CT molecular complexity index is 903. The first-order chi connectivity index (χ1) is 10.3. The van der Waals surface area contributed by atoms with E-state index in [9.17, 15) is 17.6 Å². The number of halogens is 1. The monoisotopic (exact) mass is 325 g/mol. The van der Waals surface area contributed by atoms with Gasteiger partial charge >= 0.3 is 0 Å². The van der Waals surface area contributed by atoms with Gasteiger partial charge in [0.1, 0.15) is 5.82 Å². The number of alkyl halides is 1. The van der Waals surface area contributed by atoms with E-state index in [0.717, 1.165) is 23.7 Å². The molecule has 1 heterocycles. The van der Waals surface area contributed by atoms with Crippen LogP contribution in [0, 0.1) is 5.92 Å². The number of rotatable bonds is 4. The van der Waals surface area contributed by atoms with Gasteiger partial charge in [-0.05, 0) is 30.9 Å². The Morgan fingerprint density at radius 3 is 2.68 bits per heavy atom. The second-order valence-corrected chi connectivity index (χ2v) is 7.59.